The number of hydrogen-bond acceptors (Lipinski definition) is 3. The number of hydrogen-bond donors (Lipinski definition) is 1. The fourth-order valence-corrected chi connectivity index (χ4v) is 3.07. The van der Waals surface area contributed by atoms with E-state index < -0.39 is 14.6 Å². The third-order valence-electron chi connectivity index (χ3n) is 3.50. The van der Waals surface area contributed by atoms with Gasteiger partial charge in [0.2, 0.25) is 0 Å². The summed E-state index contributed by atoms with van der Waals surface area (Å²) in [6.45, 7) is 7.73. The lowest BCUT2D eigenvalue weighted by molar-refractivity contribution is 0.551. The fourth-order valence-electron chi connectivity index (χ4n) is 1.86. The molecule has 0 fully saturated rings. The van der Waals surface area contributed by atoms with Crippen LogP contribution in [0.2, 0.25) is 0 Å². The van der Waals surface area contributed by atoms with Gasteiger partial charge in [-0.3, -0.25) is 0 Å². The second-order valence-corrected chi connectivity index (χ2v) is 8.93. The van der Waals surface area contributed by atoms with Crippen molar-refractivity contribution >= 4 is 9.84 Å². The first-order valence-electron chi connectivity index (χ1n) is 6.66. The van der Waals surface area contributed by atoms with Gasteiger partial charge in [0.15, 0.2) is 9.84 Å². The van der Waals surface area contributed by atoms with Crippen LogP contribution >= 0.6 is 0 Å². The topological polar surface area (TPSA) is 60.2 Å². The molecular weight excluding hydrogens is 258 g/mol. The van der Waals surface area contributed by atoms with E-state index in [-0.39, 0.29) is 11.7 Å². The molecule has 1 aromatic rings. The van der Waals surface area contributed by atoms with Crippen LogP contribution in [0.1, 0.15) is 44.2 Å². The quantitative estimate of drug-likeness (QED) is 0.903. The maximum absolute atomic E-state index is 12.1. The van der Waals surface area contributed by atoms with Crippen molar-refractivity contribution in [2.45, 2.75) is 44.8 Å². The highest BCUT2D eigenvalue weighted by molar-refractivity contribution is 7.92. The number of sulfone groups is 1. The van der Waals surface area contributed by atoms with Crippen LogP contribution in [0.15, 0.2) is 24.3 Å². The van der Waals surface area contributed by atoms with Crippen molar-refractivity contribution < 1.29 is 8.42 Å². The molecule has 0 amide bonds. The zero-order valence-corrected chi connectivity index (χ0v) is 13.1. The Balaban J connectivity index is 2.77. The monoisotopic (exact) mass is 283 g/mol. The summed E-state index contributed by atoms with van der Waals surface area (Å²) in [5.74, 6) is 0.296. The van der Waals surface area contributed by atoms with Gasteiger partial charge in [-0.25, -0.2) is 8.42 Å². The van der Waals surface area contributed by atoms with Gasteiger partial charge in [0.1, 0.15) is 0 Å². The van der Waals surface area contributed by atoms with Gasteiger partial charge in [-0.1, -0.05) is 29.8 Å². The summed E-state index contributed by atoms with van der Waals surface area (Å²) in [6, 6.07) is 8.15. The zero-order valence-electron chi connectivity index (χ0n) is 12.3. The third-order valence-corrected chi connectivity index (χ3v) is 6.14. The van der Waals surface area contributed by atoms with Crippen molar-refractivity contribution in [3.8, 4) is 0 Å². The van der Waals surface area contributed by atoms with E-state index >= 15 is 0 Å². The highest BCUT2D eigenvalue weighted by Crippen LogP contribution is 2.23. The molecule has 0 spiro atoms. The molecule has 0 radical (unpaired) electrons. The lowest BCUT2D eigenvalue weighted by Gasteiger charge is -2.21. The van der Waals surface area contributed by atoms with Gasteiger partial charge >= 0.3 is 0 Å². The molecule has 0 saturated carbocycles. The third kappa shape index (κ3) is 4.32. The average Bonchev–Trinajstić information content (AvgIpc) is 2.30. The largest absolute Gasteiger partial charge is 0.330 e. The van der Waals surface area contributed by atoms with Crippen LogP contribution in [-0.4, -0.2) is 25.5 Å². The Bertz CT molecular complexity index is 498. The van der Waals surface area contributed by atoms with E-state index in [9.17, 15) is 8.42 Å². The van der Waals surface area contributed by atoms with Crippen molar-refractivity contribution in [1.82, 2.24) is 0 Å². The highest BCUT2D eigenvalue weighted by atomic mass is 32.2. The first-order chi connectivity index (χ1) is 8.67. The molecule has 4 heteroatoms. The van der Waals surface area contributed by atoms with Crippen molar-refractivity contribution in [1.29, 1.82) is 0 Å². The molecule has 1 unspecified atom stereocenters. The molecule has 0 aromatic heterocycles. The first-order valence-corrected chi connectivity index (χ1v) is 8.31. The predicted octanol–water partition coefficient (Wildman–Crippen LogP) is 2.64. The molecule has 0 saturated heterocycles. The van der Waals surface area contributed by atoms with E-state index in [0.29, 0.717) is 13.0 Å². The Hall–Kier alpha value is -0.870. The molecular formula is C15H25NO2S. The Labute approximate surface area is 117 Å². The predicted molar refractivity (Wildman–Crippen MR) is 81.1 cm³/mol. The maximum Gasteiger partial charge on any atom is 0.155 e. The van der Waals surface area contributed by atoms with E-state index in [1.165, 1.54) is 5.56 Å². The number of benzene rings is 1. The van der Waals surface area contributed by atoms with Gasteiger partial charge in [0.25, 0.3) is 0 Å². The molecule has 1 rings (SSSR count). The molecule has 19 heavy (non-hydrogen) atoms. The lowest BCUT2D eigenvalue weighted by Crippen LogP contribution is -2.31. The van der Waals surface area contributed by atoms with E-state index in [2.05, 4.69) is 0 Å². The zero-order chi connectivity index (χ0) is 14.7. The maximum atomic E-state index is 12.1. The minimum Gasteiger partial charge on any atom is -0.330 e. The van der Waals surface area contributed by atoms with Gasteiger partial charge < -0.3 is 5.73 Å². The lowest BCUT2D eigenvalue weighted by atomic mass is 9.96. The summed E-state index contributed by atoms with van der Waals surface area (Å²) in [6.07, 6.45) is 0.583. The molecule has 1 aromatic carbocycles. The SMILES string of the molecule is Cc1ccc(C(CN)CCS(=O)(=O)C(C)(C)C)cc1. The summed E-state index contributed by atoms with van der Waals surface area (Å²) in [7, 11) is -3.07. The summed E-state index contributed by atoms with van der Waals surface area (Å²) in [5, 5.41) is 0. The molecule has 2 N–H and O–H groups in total. The van der Waals surface area contributed by atoms with Gasteiger partial charge in [-0.15, -0.1) is 0 Å². The Kier molecular flexibility index (Phi) is 5.16. The van der Waals surface area contributed by atoms with Gasteiger partial charge in [-0.05, 0) is 52.1 Å². The molecule has 1 atom stereocenters. The van der Waals surface area contributed by atoms with Crippen molar-refractivity contribution in [2.75, 3.05) is 12.3 Å². The standard InChI is InChI=1S/C15H25NO2S/c1-12-5-7-13(8-6-12)14(11-16)9-10-19(17,18)15(2,3)4/h5-8,14H,9-11,16H2,1-4H3. The average molecular weight is 283 g/mol. The summed E-state index contributed by atoms with van der Waals surface area (Å²) < 4.78 is 23.5. The van der Waals surface area contributed by atoms with Crippen LogP contribution in [0.4, 0.5) is 0 Å². The summed E-state index contributed by atoms with van der Waals surface area (Å²) >= 11 is 0. The Morgan fingerprint density at radius 2 is 1.68 bits per heavy atom. The highest BCUT2D eigenvalue weighted by Gasteiger charge is 2.29. The minimum absolute atomic E-state index is 0.109. The van der Waals surface area contributed by atoms with Crippen molar-refractivity contribution in [3.05, 3.63) is 35.4 Å². The van der Waals surface area contributed by atoms with E-state index in [0.717, 1.165) is 5.56 Å². The molecule has 0 bridgehead atoms. The second-order valence-electron chi connectivity index (χ2n) is 6.06. The number of aryl methyl sites for hydroxylation is 1. The van der Waals surface area contributed by atoms with Crippen LogP contribution in [0.5, 0.6) is 0 Å². The van der Waals surface area contributed by atoms with E-state index in [4.69, 9.17) is 5.73 Å². The molecule has 0 aliphatic rings. The Morgan fingerprint density at radius 1 is 1.16 bits per heavy atom. The number of rotatable bonds is 5. The van der Waals surface area contributed by atoms with Crippen molar-refractivity contribution in [3.63, 3.8) is 0 Å². The number of nitrogens with two attached hydrogens (primary N) is 1. The van der Waals surface area contributed by atoms with Gasteiger partial charge in [0.05, 0.1) is 10.5 Å². The van der Waals surface area contributed by atoms with Crippen LogP contribution in [0, 0.1) is 6.92 Å². The molecule has 108 valence electrons. The van der Waals surface area contributed by atoms with E-state index in [1.54, 1.807) is 20.8 Å². The van der Waals surface area contributed by atoms with Crippen LogP contribution in [0.3, 0.4) is 0 Å². The van der Waals surface area contributed by atoms with Crippen LogP contribution < -0.4 is 5.73 Å². The first kappa shape index (κ1) is 16.2. The Morgan fingerprint density at radius 3 is 2.11 bits per heavy atom. The van der Waals surface area contributed by atoms with Gasteiger partial charge in [-0.2, -0.15) is 0 Å². The molecule has 3 nitrogen and oxygen atoms in total. The fraction of sp³-hybridized carbons (Fsp3) is 0.600. The molecule has 0 aliphatic carbocycles. The van der Waals surface area contributed by atoms with Crippen LogP contribution in [-0.2, 0) is 9.84 Å². The normalized spacial score (nSPS) is 14.4. The second kappa shape index (κ2) is 6.06. The minimum atomic E-state index is -3.07. The molecule has 0 aliphatic heterocycles. The van der Waals surface area contributed by atoms with Crippen molar-refractivity contribution in [2.24, 2.45) is 5.73 Å². The smallest absolute Gasteiger partial charge is 0.155 e. The summed E-state index contributed by atoms with van der Waals surface area (Å²) in [5.41, 5.74) is 8.10. The van der Waals surface area contributed by atoms with Crippen LogP contribution in [0.25, 0.3) is 0 Å². The molecule has 0 heterocycles. The van der Waals surface area contributed by atoms with E-state index in [1.807, 2.05) is 31.2 Å². The summed E-state index contributed by atoms with van der Waals surface area (Å²) in [4.78, 5) is 0. The van der Waals surface area contributed by atoms with Gasteiger partial charge in [0, 0.05) is 0 Å².